The van der Waals surface area contributed by atoms with Crippen LogP contribution >= 0.6 is 69.6 Å². The first-order valence-corrected chi connectivity index (χ1v) is 31.8. The van der Waals surface area contributed by atoms with Gasteiger partial charge in [-0.1, -0.05) is 69.6 Å². The van der Waals surface area contributed by atoms with E-state index in [1.807, 2.05) is 14.2 Å². The molecular formula is C49H29Cl6F15N18O8S3. The molecule has 0 atom stereocenters. The number of H-pyrrole nitrogens is 2. The zero-order valence-corrected chi connectivity index (χ0v) is 54.0. The van der Waals surface area contributed by atoms with Gasteiger partial charge in [0.25, 0.3) is 41.9 Å². The summed E-state index contributed by atoms with van der Waals surface area (Å²) in [6.45, 7) is 0. The molecule has 1 amide bonds. The second-order valence-corrected chi connectivity index (χ2v) is 26.0. The van der Waals surface area contributed by atoms with Crippen LogP contribution in [0.4, 0.5) is 88.7 Å². The van der Waals surface area contributed by atoms with Gasteiger partial charge in [0, 0.05) is 24.7 Å². The van der Waals surface area contributed by atoms with Crippen LogP contribution in [-0.4, -0.2) is 91.5 Å². The Morgan fingerprint density at radius 2 is 0.899 bits per heavy atom. The highest BCUT2D eigenvalue weighted by molar-refractivity contribution is 7.93. The molecule has 10 rings (SSSR count). The fourth-order valence-corrected chi connectivity index (χ4v) is 11.7. The Bertz CT molecular complexity index is 4960. The van der Waals surface area contributed by atoms with E-state index in [0.717, 1.165) is 85.5 Å². The Kier molecular flexibility index (Phi) is 23.3. The third-order valence-electron chi connectivity index (χ3n) is 11.6. The number of aromatic amines is 2. The molecule has 0 fully saturated rings. The van der Waals surface area contributed by atoms with Gasteiger partial charge in [-0.25, -0.2) is 46.0 Å². The number of aromatic nitrogens is 12. The van der Waals surface area contributed by atoms with E-state index in [2.05, 4.69) is 60.2 Å². The van der Waals surface area contributed by atoms with Crippen LogP contribution in [0.5, 0.6) is 0 Å². The van der Waals surface area contributed by atoms with Gasteiger partial charge in [0.2, 0.25) is 5.82 Å². The lowest BCUT2D eigenvalue weighted by Crippen LogP contribution is -2.31. The molecule has 99 heavy (non-hydrogen) atoms. The largest absolute Gasteiger partial charge is 0.470 e. The quantitative estimate of drug-likeness (QED) is 0.0230. The summed E-state index contributed by atoms with van der Waals surface area (Å²) in [4.78, 5) is 20.4. The number of hydrazine groups is 1. The molecule has 3 aromatic carbocycles. The topological polar surface area (TPSA) is 385 Å². The third-order valence-corrected chi connectivity index (χ3v) is 17.2. The van der Waals surface area contributed by atoms with E-state index in [-0.39, 0.29) is 32.6 Å². The Hall–Kier alpha value is -9.02. The van der Waals surface area contributed by atoms with E-state index in [9.17, 15) is 95.9 Å². The van der Waals surface area contributed by atoms with Gasteiger partial charge in [0.15, 0.2) is 17.2 Å². The smallest absolute Gasteiger partial charge is 0.411 e. The van der Waals surface area contributed by atoms with Crippen LogP contribution < -0.4 is 31.2 Å². The van der Waals surface area contributed by atoms with E-state index >= 15 is 0 Å². The van der Waals surface area contributed by atoms with Crippen molar-refractivity contribution in [3.63, 3.8) is 0 Å². The highest BCUT2D eigenvalue weighted by atomic mass is 35.5. The highest BCUT2D eigenvalue weighted by Crippen LogP contribution is 2.42. The van der Waals surface area contributed by atoms with Crippen LogP contribution in [0.2, 0.25) is 30.1 Å². The Morgan fingerprint density at radius 3 is 1.27 bits per heavy atom. The number of carbonyl (C=O) groups excluding carboxylic acids is 1. The summed E-state index contributed by atoms with van der Waals surface area (Å²) in [5.41, 5.74) is -0.0485. The number of anilines is 4. The maximum Gasteiger partial charge on any atom is 0.470 e. The number of hydrogen-bond acceptors (Lipinski definition) is 19. The lowest BCUT2D eigenvalue weighted by molar-refractivity contribution is -0.157. The predicted molar refractivity (Wildman–Crippen MR) is 320 cm³/mol. The standard InChI is InChI=1S/C18H9Cl2F6N7O2S.C15H6Cl2F6N4O3S.C13H9Cl2F3N4O3S.C3H5N3/c19-8-5-12(32-36(34,35)9-1-2-11(20)10(6-9)17(21,22)23)14(27-7-8)15-30-31-16(18(24,25)26)33(15)13-3-4-28-29-13;16-6-3-10(11(24-5-6)12-25-26-13(30-12)15(21,22)23)27-31(28,29)7-1-2-9(17)8(4-7)14(18,19)20;14-6-3-10(11(20-5-6)12(23)21-19)22-26(24,25)7-1-2-9(15)8(4-7)13(16,17)18;4-3-1-2-5-6-3/h1-7,32H,(H,28,29);1-5,27H;1-5,22H,19H2,(H,21,23);1-2H,(H3,4,5,6). The van der Waals surface area contributed by atoms with Gasteiger partial charge in [-0.05, 0) is 78.9 Å². The number of nitrogens with one attached hydrogen (secondary N) is 6. The fourth-order valence-electron chi connectivity index (χ4n) is 7.35. The van der Waals surface area contributed by atoms with Crippen LogP contribution in [0.3, 0.4) is 0 Å². The van der Waals surface area contributed by atoms with Crippen molar-refractivity contribution >= 4 is 128 Å². The number of alkyl halides is 15. The first kappa shape index (κ1) is 77.3. The van der Waals surface area contributed by atoms with E-state index in [0.29, 0.717) is 22.5 Å². The molecule has 528 valence electrons. The van der Waals surface area contributed by atoms with Gasteiger partial charge >= 0.3 is 36.8 Å². The van der Waals surface area contributed by atoms with Crippen LogP contribution in [-0.2, 0) is 61.0 Å². The molecule has 7 heterocycles. The summed E-state index contributed by atoms with van der Waals surface area (Å²) in [6.07, 6.45) is -18.9. The Balaban J connectivity index is 0.000000202. The predicted octanol–water partition coefficient (Wildman–Crippen LogP) is 13.3. The van der Waals surface area contributed by atoms with Crippen molar-refractivity contribution in [1.29, 1.82) is 0 Å². The number of halogens is 21. The number of sulfonamides is 3. The van der Waals surface area contributed by atoms with Gasteiger partial charge in [-0.15, -0.1) is 20.4 Å². The lowest BCUT2D eigenvalue weighted by Gasteiger charge is -2.15. The molecule has 7 aromatic heterocycles. The van der Waals surface area contributed by atoms with E-state index in [1.165, 1.54) is 0 Å². The van der Waals surface area contributed by atoms with Crippen molar-refractivity contribution in [2.24, 2.45) is 5.84 Å². The molecule has 26 nitrogen and oxygen atoms in total. The lowest BCUT2D eigenvalue weighted by atomic mass is 10.2. The molecule has 0 aliphatic heterocycles. The molecule has 0 radical (unpaired) electrons. The number of amides is 1. The second-order valence-electron chi connectivity index (χ2n) is 18.4. The van der Waals surface area contributed by atoms with Crippen molar-refractivity contribution < 1.29 is 100 Å². The number of carbonyl (C=O) groups is 1. The molecular weight excluding hydrogens is 1560 g/mol. The minimum absolute atomic E-state index is 0.0247. The molecule has 0 unspecified atom stereocenters. The summed E-state index contributed by atoms with van der Waals surface area (Å²) in [6, 6.07) is 11.5. The van der Waals surface area contributed by atoms with Crippen LogP contribution in [0, 0.1) is 0 Å². The third kappa shape index (κ3) is 19.5. The number of rotatable bonds is 13. The summed E-state index contributed by atoms with van der Waals surface area (Å²) in [5.74, 6) is -0.182. The van der Waals surface area contributed by atoms with Gasteiger partial charge in [0.05, 0.1) is 91.0 Å². The zero-order valence-electron chi connectivity index (χ0n) is 47.0. The normalized spacial score (nSPS) is 12.3. The molecule has 10 N–H and O–H groups in total. The summed E-state index contributed by atoms with van der Waals surface area (Å²) in [5, 5.41) is 22.1. The van der Waals surface area contributed by atoms with Crippen LogP contribution in [0.15, 0.2) is 135 Å². The van der Waals surface area contributed by atoms with Crippen molar-refractivity contribution in [3.05, 3.63) is 180 Å². The number of pyridine rings is 3. The molecule has 0 spiro atoms. The van der Waals surface area contributed by atoms with E-state index in [4.69, 9.17) is 81.2 Å². The molecule has 0 saturated heterocycles. The molecule has 0 aliphatic carbocycles. The first-order valence-electron chi connectivity index (χ1n) is 25.1. The Labute approximate surface area is 571 Å². The van der Waals surface area contributed by atoms with Gasteiger partial charge in [-0.2, -0.15) is 76.1 Å². The summed E-state index contributed by atoms with van der Waals surface area (Å²) >= 11 is 33.9. The molecule has 10 aromatic rings. The average Bonchev–Trinajstić information content (AvgIpc) is 1.74. The fraction of sp³-hybridized carbons (Fsp3) is 0.102. The van der Waals surface area contributed by atoms with Gasteiger partial charge in [-0.3, -0.25) is 39.2 Å². The second kappa shape index (κ2) is 29.8. The van der Waals surface area contributed by atoms with Gasteiger partial charge < -0.3 is 10.2 Å². The summed E-state index contributed by atoms with van der Waals surface area (Å²) < 4.78 is 283. The van der Waals surface area contributed by atoms with Crippen molar-refractivity contribution in [2.75, 3.05) is 19.9 Å². The van der Waals surface area contributed by atoms with Crippen LogP contribution in [0.1, 0.15) is 38.9 Å². The average molecular weight is 1590 g/mol. The maximum atomic E-state index is 13.6. The molecule has 0 bridgehead atoms. The Morgan fingerprint density at radius 1 is 0.485 bits per heavy atom. The van der Waals surface area contributed by atoms with E-state index < -0.39 is 165 Å². The van der Waals surface area contributed by atoms with Crippen LogP contribution in [0.25, 0.3) is 28.9 Å². The monoisotopic (exact) mass is 1590 g/mol. The summed E-state index contributed by atoms with van der Waals surface area (Å²) in [7, 11) is -14.0. The highest BCUT2D eigenvalue weighted by Gasteiger charge is 2.42. The number of nitrogens with zero attached hydrogens (tertiary/aromatic N) is 10. The van der Waals surface area contributed by atoms with Crippen molar-refractivity contribution in [1.82, 2.24) is 65.7 Å². The van der Waals surface area contributed by atoms with Gasteiger partial charge in [0.1, 0.15) is 17.3 Å². The number of hydrogen-bond donors (Lipinski definition) is 8. The number of nitrogen functional groups attached to an aromatic ring is 2. The SMILES string of the molecule is NNC(=O)c1ncc(Cl)cc1NS(=O)(=O)c1ccc(Cl)c(C(F)(F)F)c1.Nc1ccn[nH]1.O=S(=O)(Nc1cc(Cl)cnc1-c1nnc(C(F)(F)F)n1-c1ccn[nH]1)c1ccc(Cl)c(C(F)(F)F)c1.O=S(=O)(Nc1cc(Cl)cnc1-c1nnc(C(F)(F)F)o1)c1ccc(Cl)c(C(F)(F)F)c1. The molecule has 0 saturated carbocycles. The zero-order chi connectivity index (χ0) is 73.8. The van der Waals surface area contributed by atoms with E-state index in [1.54, 1.807) is 17.7 Å². The molecule has 0 aliphatic rings. The molecule has 50 heteroatoms. The maximum absolute atomic E-state index is 13.6. The number of benzene rings is 3. The first-order chi connectivity index (χ1) is 45.7. The minimum Gasteiger partial charge on any atom is -0.411 e. The number of nitrogens with two attached hydrogens (primary N) is 2. The van der Waals surface area contributed by atoms with Crippen molar-refractivity contribution in [3.8, 4) is 28.9 Å². The minimum atomic E-state index is -4.99. The van der Waals surface area contributed by atoms with Crippen molar-refractivity contribution in [2.45, 2.75) is 45.6 Å².